The number of amides is 2. The van der Waals surface area contributed by atoms with E-state index < -0.39 is 22.0 Å². The van der Waals surface area contributed by atoms with E-state index in [9.17, 15) is 22.8 Å². The van der Waals surface area contributed by atoms with Crippen LogP contribution in [0.15, 0.2) is 47.4 Å². The molecule has 8 nitrogen and oxygen atoms in total. The van der Waals surface area contributed by atoms with E-state index in [1.165, 1.54) is 19.9 Å². The van der Waals surface area contributed by atoms with E-state index in [0.717, 1.165) is 5.56 Å². The van der Waals surface area contributed by atoms with Crippen molar-refractivity contribution in [2.75, 3.05) is 16.8 Å². The first-order chi connectivity index (χ1) is 15.5. The summed E-state index contributed by atoms with van der Waals surface area (Å²) in [6, 6.07) is 10.1. The van der Waals surface area contributed by atoms with E-state index in [4.69, 9.17) is 0 Å². The summed E-state index contributed by atoms with van der Waals surface area (Å²) in [5.74, 6) is -0.592. The Hall–Kier alpha value is -3.04. The van der Waals surface area contributed by atoms with Crippen LogP contribution < -0.4 is 14.9 Å². The number of Topliss-reactive ketones (excluding diaryl/α,β-unsaturated/α-hetero) is 1. The summed E-state index contributed by atoms with van der Waals surface area (Å²) < 4.78 is 28.8. The van der Waals surface area contributed by atoms with E-state index in [0.29, 0.717) is 36.3 Å². The number of hydrogen-bond donors (Lipinski definition) is 2. The highest BCUT2D eigenvalue weighted by molar-refractivity contribution is 7.89. The normalized spacial score (nSPS) is 14.2. The quantitative estimate of drug-likeness (QED) is 0.575. The summed E-state index contributed by atoms with van der Waals surface area (Å²) in [4.78, 5) is 37.8. The highest BCUT2D eigenvalue weighted by Crippen LogP contribution is 2.30. The van der Waals surface area contributed by atoms with Gasteiger partial charge in [-0.25, -0.2) is 8.42 Å². The smallest absolute Gasteiger partial charge is 0.242 e. The number of hydrogen-bond acceptors (Lipinski definition) is 5. The highest BCUT2D eigenvalue weighted by atomic mass is 32.2. The van der Waals surface area contributed by atoms with Crippen molar-refractivity contribution in [3.63, 3.8) is 0 Å². The lowest BCUT2D eigenvalue weighted by Gasteiger charge is -2.21. The fourth-order valence-corrected chi connectivity index (χ4v) is 5.08. The summed E-state index contributed by atoms with van der Waals surface area (Å²) in [5.41, 5.74) is 2.49. The summed E-state index contributed by atoms with van der Waals surface area (Å²) in [7, 11) is -3.98. The molecule has 0 radical (unpaired) electrons. The first-order valence-corrected chi connectivity index (χ1v) is 12.3. The number of nitrogens with zero attached hydrogens (tertiary/aromatic N) is 1. The highest BCUT2D eigenvalue weighted by Gasteiger charge is 2.29. The van der Waals surface area contributed by atoms with Crippen LogP contribution in [0.25, 0.3) is 0 Å². The molecule has 0 spiro atoms. The number of ketones is 1. The fourth-order valence-electron chi connectivity index (χ4n) is 3.83. The number of carbonyl (C=O) groups is 3. The van der Waals surface area contributed by atoms with Crippen LogP contribution in [0.5, 0.6) is 0 Å². The number of nitrogens with one attached hydrogen (secondary N) is 2. The minimum atomic E-state index is -3.98. The Morgan fingerprint density at radius 1 is 1.03 bits per heavy atom. The van der Waals surface area contributed by atoms with Crippen LogP contribution in [-0.4, -0.2) is 38.6 Å². The third-order valence-electron chi connectivity index (χ3n) is 5.52. The van der Waals surface area contributed by atoms with Crippen LogP contribution in [0.4, 0.5) is 11.4 Å². The van der Waals surface area contributed by atoms with Gasteiger partial charge in [0.2, 0.25) is 21.8 Å². The van der Waals surface area contributed by atoms with Gasteiger partial charge < -0.3 is 10.2 Å². The summed E-state index contributed by atoms with van der Waals surface area (Å²) >= 11 is 0. The summed E-state index contributed by atoms with van der Waals surface area (Å²) in [6.45, 7) is 7.26. The van der Waals surface area contributed by atoms with Gasteiger partial charge in [-0.1, -0.05) is 13.8 Å². The maximum absolute atomic E-state index is 13.1. The van der Waals surface area contributed by atoms with Gasteiger partial charge in [-0.3, -0.25) is 14.4 Å². The minimum absolute atomic E-state index is 0.0546. The van der Waals surface area contributed by atoms with Gasteiger partial charge in [0.1, 0.15) is 6.04 Å². The number of anilines is 2. The van der Waals surface area contributed by atoms with Gasteiger partial charge in [0.05, 0.1) is 4.90 Å². The monoisotopic (exact) mass is 471 g/mol. The molecule has 3 rings (SSSR count). The Morgan fingerprint density at radius 2 is 1.70 bits per heavy atom. The summed E-state index contributed by atoms with van der Waals surface area (Å²) in [6.07, 6.45) is 0.879. The van der Waals surface area contributed by atoms with Gasteiger partial charge in [0.25, 0.3) is 0 Å². The first-order valence-electron chi connectivity index (χ1n) is 10.8. The van der Waals surface area contributed by atoms with Crippen molar-refractivity contribution in [1.29, 1.82) is 0 Å². The number of rotatable bonds is 8. The molecule has 1 aliphatic heterocycles. The van der Waals surface area contributed by atoms with Crippen LogP contribution in [0.2, 0.25) is 0 Å². The molecule has 33 heavy (non-hydrogen) atoms. The molecule has 0 saturated heterocycles. The van der Waals surface area contributed by atoms with E-state index in [-0.39, 0.29) is 22.5 Å². The zero-order valence-electron chi connectivity index (χ0n) is 19.2. The van der Waals surface area contributed by atoms with E-state index in [2.05, 4.69) is 10.0 Å². The lowest BCUT2D eigenvalue weighted by atomic mass is 10.0. The van der Waals surface area contributed by atoms with Gasteiger partial charge >= 0.3 is 0 Å². The second kappa shape index (κ2) is 9.84. The molecule has 0 fully saturated rings. The maximum Gasteiger partial charge on any atom is 0.242 e. The second-order valence-electron chi connectivity index (χ2n) is 8.64. The van der Waals surface area contributed by atoms with E-state index in [1.54, 1.807) is 41.3 Å². The SMILES string of the molecule is CC(=O)c1ccc(NC(=O)[C@@H](CC(C)C)NS(=O)(=O)c2ccc3c(c2)CCN3C(C)=O)cc1. The van der Waals surface area contributed by atoms with Gasteiger partial charge in [-0.05, 0) is 73.7 Å². The van der Waals surface area contributed by atoms with Crippen LogP contribution in [0, 0.1) is 5.92 Å². The zero-order chi connectivity index (χ0) is 24.3. The molecule has 2 N–H and O–H groups in total. The van der Waals surface area contributed by atoms with E-state index >= 15 is 0 Å². The fraction of sp³-hybridized carbons (Fsp3) is 0.375. The predicted octanol–water partition coefficient (Wildman–Crippen LogP) is 3.13. The lowest BCUT2D eigenvalue weighted by molar-refractivity contribution is -0.118. The molecule has 0 bridgehead atoms. The molecule has 1 aliphatic rings. The Kier molecular flexibility index (Phi) is 7.34. The molecular formula is C24H29N3O5S. The van der Waals surface area contributed by atoms with Crippen molar-refractivity contribution in [1.82, 2.24) is 4.72 Å². The van der Waals surface area contributed by atoms with Gasteiger partial charge in [0, 0.05) is 30.4 Å². The molecule has 2 aromatic rings. The van der Waals surface area contributed by atoms with Crippen molar-refractivity contribution in [2.24, 2.45) is 5.92 Å². The van der Waals surface area contributed by atoms with Crippen LogP contribution in [-0.2, 0) is 26.0 Å². The largest absolute Gasteiger partial charge is 0.325 e. The Bertz CT molecular complexity index is 1170. The lowest BCUT2D eigenvalue weighted by Crippen LogP contribution is -2.44. The third-order valence-corrected chi connectivity index (χ3v) is 6.99. The van der Waals surface area contributed by atoms with Gasteiger partial charge in [-0.15, -0.1) is 0 Å². The van der Waals surface area contributed by atoms with Crippen molar-refractivity contribution in [2.45, 2.75) is 51.5 Å². The van der Waals surface area contributed by atoms with Crippen LogP contribution in [0.3, 0.4) is 0 Å². The minimum Gasteiger partial charge on any atom is -0.325 e. The molecule has 9 heteroatoms. The number of carbonyl (C=O) groups excluding carboxylic acids is 3. The molecule has 0 aliphatic carbocycles. The van der Waals surface area contributed by atoms with Crippen molar-refractivity contribution in [3.05, 3.63) is 53.6 Å². The van der Waals surface area contributed by atoms with Crippen LogP contribution in [0.1, 0.15) is 50.0 Å². The Morgan fingerprint density at radius 3 is 2.27 bits per heavy atom. The number of sulfonamides is 1. The maximum atomic E-state index is 13.1. The standard InChI is InChI=1S/C24H29N3O5S/c1-15(2)13-22(24(30)25-20-7-5-18(6-8-20)16(3)28)26-33(31,32)21-9-10-23-19(14-21)11-12-27(23)17(4)29/h5-10,14-15,22,26H,11-13H2,1-4H3,(H,25,30)/t22-/m1/s1. The molecule has 1 heterocycles. The molecule has 1 atom stereocenters. The summed E-state index contributed by atoms with van der Waals surface area (Å²) in [5, 5.41) is 2.73. The van der Waals surface area contributed by atoms with Crippen molar-refractivity contribution >= 4 is 39.0 Å². The Balaban J connectivity index is 1.79. The molecule has 176 valence electrons. The molecule has 2 aromatic carbocycles. The molecular weight excluding hydrogens is 442 g/mol. The average Bonchev–Trinajstić information content (AvgIpc) is 3.17. The second-order valence-corrected chi connectivity index (χ2v) is 10.4. The topological polar surface area (TPSA) is 113 Å². The van der Waals surface area contributed by atoms with Crippen molar-refractivity contribution in [3.8, 4) is 0 Å². The average molecular weight is 472 g/mol. The number of fused-ring (bicyclic) bond motifs is 1. The molecule has 0 aromatic heterocycles. The predicted molar refractivity (Wildman–Crippen MR) is 127 cm³/mol. The third kappa shape index (κ3) is 5.85. The van der Waals surface area contributed by atoms with Crippen molar-refractivity contribution < 1.29 is 22.8 Å². The molecule has 0 saturated carbocycles. The first kappa shape index (κ1) is 24.6. The number of benzene rings is 2. The van der Waals surface area contributed by atoms with Crippen LogP contribution >= 0.6 is 0 Å². The van der Waals surface area contributed by atoms with E-state index in [1.807, 2.05) is 13.8 Å². The van der Waals surface area contributed by atoms with Gasteiger partial charge in [-0.2, -0.15) is 4.72 Å². The molecule has 2 amide bonds. The Labute approximate surface area is 194 Å². The molecule has 0 unspecified atom stereocenters. The zero-order valence-corrected chi connectivity index (χ0v) is 20.0. The van der Waals surface area contributed by atoms with Gasteiger partial charge in [0.15, 0.2) is 5.78 Å².